The van der Waals surface area contributed by atoms with Gasteiger partial charge in [-0.1, -0.05) is 13.0 Å². The highest BCUT2D eigenvalue weighted by molar-refractivity contribution is 5.97. The number of halogens is 3. The van der Waals surface area contributed by atoms with Crippen molar-refractivity contribution >= 4 is 17.5 Å². The van der Waals surface area contributed by atoms with E-state index in [9.17, 15) is 22.8 Å². The number of benzene rings is 1. The van der Waals surface area contributed by atoms with Crippen LogP contribution < -0.4 is 10.1 Å². The molecule has 0 aliphatic carbocycles. The van der Waals surface area contributed by atoms with Gasteiger partial charge >= 0.3 is 6.36 Å². The molecule has 24 heavy (non-hydrogen) atoms. The zero-order valence-electron chi connectivity index (χ0n) is 13.2. The normalized spacial score (nSPS) is 18.2. The van der Waals surface area contributed by atoms with Gasteiger partial charge in [0.2, 0.25) is 11.8 Å². The molecule has 1 N–H and O–H groups in total. The number of ether oxygens (including phenoxy) is 1. The van der Waals surface area contributed by atoms with Crippen molar-refractivity contribution in [1.29, 1.82) is 0 Å². The van der Waals surface area contributed by atoms with Crippen LogP contribution in [0.1, 0.15) is 32.6 Å². The minimum absolute atomic E-state index is 0.107. The molecule has 0 radical (unpaired) electrons. The van der Waals surface area contributed by atoms with E-state index < -0.39 is 24.1 Å². The van der Waals surface area contributed by atoms with E-state index in [1.807, 2.05) is 0 Å². The van der Waals surface area contributed by atoms with Crippen molar-refractivity contribution in [3.05, 3.63) is 24.3 Å². The summed E-state index contributed by atoms with van der Waals surface area (Å²) in [5, 5.41) is 2.57. The van der Waals surface area contributed by atoms with Gasteiger partial charge in [-0.3, -0.25) is 9.59 Å². The molecule has 0 aromatic heterocycles. The van der Waals surface area contributed by atoms with E-state index in [4.69, 9.17) is 0 Å². The lowest BCUT2D eigenvalue weighted by atomic mass is 10.0. The van der Waals surface area contributed by atoms with Crippen LogP contribution in [-0.4, -0.2) is 35.7 Å². The first kappa shape index (κ1) is 18.1. The third-order valence-corrected chi connectivity index (χ3v) is 3.76. The highest BCUT2D eigenvalue weighted by Gasteiger charge is 2.32. The van der Waals surface area contributed by atoms with Crippen LogP contribution in [0.4, 0.5) is 18.9 Å². The number of hydrogen-bond donors (Lipinski definition) is 1. The monoisotopic (exact) mass is 344 g/mol. The van der Waals surface area contributed by atoms with Gasteiger partial charge in [0.25, 0.3) is 0 Å². The largest absolute Gasteiger partial charge is 0.573 e. The fourth-order valence-electron chi connectivity index (χ4n) is 2.70. The summed E-state index contributed by atoms with van der Waals surface area (Å²) >= 11 is 0. The molecule has 1 aliphatic heterocycles. The molecule has 8 heteroatoms. The third-order valence-electron chi connectivity index (χ3n) is 3.76. The first-order chi connectivity index (χ1) is 11.3. The molecule has 1 aliphatic rings. The summed E-state index contributed by atoms with van der Waals surface area (Å²) in [7, 11) is 0. The molecule has 132 valence electrons. The van der Waals surface area contributed by atoms with Crippen LogP contribution in [0, 0.1) is 0 Å². The van der Waals surface area contributed by atoms with Gasteiger partial charge < -0.3 is 15.0 Å². The predicted molar refractivity (Wildman–Crippen MR) is 81.4 cm³/mol. The number of nitrogens with one attached hydrogen (secondary N) is 1. The molecule has 1 saturated heterocycles. The Labute approximate surface area is 137 Å². The molecule has 0 bridgehead atoms. The molecule has 5 nitrogen and oxygen atoms in total. The Morgan fingerprint density at radius 3 is 2.75 bits per heavy atom. The molecule has 1 aromatic rings. The standard InChI is InChI=1S/C16H19F3N2O3/c1-2-14(22)21-9-4-3-8-13(21)15(23)20-11-6-5-7-12(10-11)24-16(17,18)19/h5-7,10,13H,2-4,8-9H2,1H3,(H,20,23)/t13-/m0/s1. The zero-order chi connectivity index (χ0) is 17.7. The van der Waals surface area contributed by atoms with Crippen LogP contribution in [0.5, 0.6) is 5.75 Å². The minimum Gasteiger partial charge on any atom is -0.406 e. The Morgan fingerprint density at radius 1 is 1.33 bits per heavy atom. The van der Waals surface area contributed by atoms with Crippen molar-refractivity contribution in [3.63, 3.8) is 0 Å². The lowest BCUT2D eigenvalue weighted by Crippen LogP contribution is -2.49. The quantitative estimate of drug-likeness (QED) is 0.912. The van der Waals surface area contributed by atoms with Crippen LogP contribution in [0.2, 0.25) is 0 Å². The Morgan fingerprint density at radius 2 is 2.08 bits per heavy atom. The van der Waals surface area contributed by atoms with Crippen molar-refractivity contribution in [1.82, 2.24) is 4.90 Å². The Bertz CT molecular complexity index is 604. The average molecular weight is 344 g/mol. The Kier molecular flexibility index (Phi) is 5.69. The van der Waals surface area contributed by atoms with E-state index in [1.54, 1.807) is 6.92 Å². The first-order valence-electron chi connectivity index (χ1n) is 7.76. The van der Waals surface area contributed by atoms with Gasteiger partial charge in [-0.05, 0) is 31.4 Å². The predicted octanol–water partition coefficient (Wildman–Crippen LogP) is 3.31. The van der Waals surface area contributed by atoms with Crippen molar-refractivity contribution in [3.8, 4) is 5.75 Å². The van der Waals surface area contributed by atoms with Gasteiger partial charge in [-0.15, -0.1) is 13.2 Å². The molecule has 0 unspecified atom stereocenters. The van der Waals surface area contributed by atoms with Gasteiger partial charge in [-0.25, -0.2) is 0 Å². The lowest BCUT2D eigenvalue weighted by molar-refractivity contribution is -0.274. The van der Waals surface area contributed by atoms with Crippen LogP contribution in [0.3, 0.4) is 0 Å². The summed E-state index contributed by atoms with van der Waals surface area (Å²) in [5.74, 6) is -0.921. The fourth-order valence-corrected chi connectivity index (χ4v) is 2.70. The van der Waals surface area contributed by atoms with E-state index >= 15 is 0 Å². The van der Waals surface area contributed by atoms with E-state index in [0.29, 0.717) is 19.4 Å². The maximum atomic E-state index is 12.4. The number of carbonyl (C=O) groups is 2. The van der Waals surface area contributed by atoms with Crippen molar-refractivity contribution in [2.24, 2.45) is 0 Å². The second kappa shape index (κ2) is 7.55. The number of anilines is 1. The number of hydrogen-bond acceptors (Lipinski definition) is 3. The van der Waals surface area contributed by atoms with Gasteiger partial charge in [0, 0.05) is 24.7 Å². The minimum atomic E-state index is -4.80. The number of amides is 2. The molecule has 1 fully saturated rings. The number of rotatable bonds is 4. The maximum absolute atomic E-state index is 12.4. The molecule has 1 atom stereocenters. The van der Waals surface area contributed by atoms with Crippen LogP contribution in [-0.2, 0) is 9.59 Å². The molecule has 2 amide bonds. The number of carbonyl (C=O) groups excluding carboxylic acids is 2. The van der Waals surface area contributed by atoms with Crippen LogP contribution >= 0.6 is 0 Å². The number of likely N-dealkylation sites (tertiary alicyclic amines) is 1. The molecule has 1 aromatic carbocycles. The summed E-state index contributed by atoms with van der Waals surface area (Å²) in [4.78, 5) is 25.9. The molecule has 2 rings (SSSR count). The summed E-state index contributed by atoms with van der Waals surface area (Å²) < 4.78 is 40.6. The topological polar surface area (TPSA) is 58.6 Å². The zero-order valence-corrected chi connectivity index (χ0v) is 13.2. The van der Waals surface area contributed by atoms with Gasteiger partial charge in [0.05, 0.1) is 0 Å². The Balaban J connectivity index is 2.08. The van der Waals surface area contributed by atoms with E-state index in [2.05, 4.69) is 10.1 Å². The van der Waals surface area contributed by atoms with Crippen molar-refractivity contribution in [2.45, 2.75) is 45.0 Å². The maximum Gasteiger partial charge on any atom is 0.573 e. The second-order valence-electron chi connectivity index (χ2n) is 5.52. The Hall–Kier alpha value is -2.25. The van der Waals surface area contributed by atoms with Crippen LogP contribution in [0.15, 0.2) is 24.3 Å². The molecule has 0 spiro atoms. The molecule has 0 saturated carbocycles. The van der Waals surface area contributed by atoms with Crippen molar-refractivity contribution in [2.75, 3.05) is 11.9 Å². The highest BCUT2D eigenvalue weighted by atomic mass is 19.4. The highest BCUT2D eigenvalue weighted by Crippen LogP contribution is 2.26. The average Bonchev–Trinajstić information content (AvgIpc) is 2.52. The second-order valence-corrected chi connectivity index (χ2v) is 5.52. The number of alkyl halides is 3. The summed E-state index contributed by atoms with van der Waals surface area (Å²) in [5.41, 5.74) is 0.191. The molecule has 1 heterocycles. The lowest BCUT2D eigenvalue weighted by Gasteiger charge is -2.34. The van der Waals surface area contributed by atoms with E-state index in [-0.39, 0.29) is 11.6 Å². The number of piperidine rings is 1. The van der Waals surface area contributed by atoms with Gasteiger partial charge in [0.1, 0.15) is 11.8 Å². The van der Waals surface area contributed by atoms with Crippen LogP contribution in [0.25, 0.3) is 0 Å². The molecular weight excluding hydrogens is 325 g/mol. The van der Waals surface area contributed by atoms with E-state index in [0.717, 1.165) is 25.0 Å². The SMILES string of the molecule is CCC(=O)N1CCCC[C@H]1C(=O)Nc1cccc(OC(F)(F)F)c1. The fraction of sp³-hybridized carbons (Fsp3) is 0.500. The summed E-state index contributed by atoms with van der Waals surface area (Å²) in [6.45, 7) is 2.24. The smallest absolute Gasteiger partial charge is 0.406 e. The van der Waals surface area contributed by atoms with Gasteiger partial charge in [0.15, 0.2) is 0 Å². The van der Waals surface area contributed by atoms with Crippen molar-refractivity contribution < 1.29 is 27.5 Å². The first-order valence-corrected chi connectivity index (χ1v) is 7.76. The van der Waals surface area contributed by atoms with E-state index in [1.165, 1.54) is 17.0 Å². The third kappa shape index (κ3) is 4.87. The molecular formula is C16H19F3N2O3. The number of nitrogens with zero attached hydrogens (tertiary/aromatic N) is 1. The summed E-state index contributed by atoms with van der Waals surface area (Å²) in [6, 6.07) is 4.47. The summed E-state index contributed by atoms with van der Waals surface area (Å²) in [6.07, 6.45) is -2.29. The van der Waals surface area contributed by atoms with Gasteiger partial charge in [-0.2, -0.15) is 0 Å².